The van der Waals surface area contributed by atoms with Crippen LogP contribution >= 0.6 is 0 Å². The van der Waals surface area contributed by atoms with Crippen LogP contribution in [0.3, 0.4) is 0 Å². The molecule has 1 N–H and O–H groups in total. The summed E-state index contributed by atoms with van der Waals surface area (Å²) >= 11 is 0. The van der Waals surface area contributed by atoms with Gasteiger partial charge >= 0.3 is 0 Å². The van der Waals surface area contributed by atoms with E-state index in [0.717, 1.165) is 11.1 Å². The Hall–Kier alpha value is -3.19. The number of methoxy groups -OCH3 is 1. The van der Waals surface area contributed by atoms with Crippen molar-refractivity contribution in [2.75, 3.05) is 34.3 Å². The summed E-state index contributed by atoms with van der Waals surface area (Å²) in [4.78, 5) is 33.6. The van der Waals surface area contributed by atoms with Gasteiger partial charge in [-0.2, -0.15) is 0 Å². The number of aliphatic hydroxyl groups is 1. The third kappa shape index (κ3) is 4.53. The molecule has 1 unspecified atom stereocenters. The molecular weight excluding hydrogens is 406 g/mol. The van der Waals surface area contributed by atoms with Crippen LogP contribution < -0.4 is 4.74 Å². The molecule has 7 nitrogen and oxygen atoms in total. The molecule has 1 fully saturated rings. The molecule has 3 rings (SSSR count). The number of carbonyl (C=O) groups excluding carboxylic acids is 2. The first-order valence-electron chi connectivity index (χ1n) is 10.6. The van der Waals surface area contributed by atoms with Gasteiger partial charge in [0.2, 0.25) is 0 Å². The van der Waals surface area contributed by atoms with Crippen molar-refractivity contribution in [3.05, 3.63) is 65.0 Å². The predicted molar refractivity (Wildman–Crippen MR) is 123 cm³/mol. The Kier molecular flexibility index (Phi) is 6.69. The van der Waals surface area contributed by atoms with Crippen LogP contribution in [-0.4, -0.2) is 65.9 Å². The minimum Gasteiger partial charge on any atom is -0.507 e. The first-order chi connectivity index (χ1) is 15.1. The van der Waals surface area contributed by atoms with Gasteiger partial charge < -0.3 is 19.6 Å². The van der Waals surface area contributed by atoms with Gasteiger partial charge in [-0.1, -0.05) is 20.8 Å². The molecule has 170 valence electrons. The standard InChI is InChI=1S/C25H31N3O4/c1-25(2,3)18-15-17(7-8-19(18)32-6)22(29)20-21(16-9-11-26-12-10-16)28(14-13-27(4)5)24(31)23(20)30/h7-12,15,21,29H,13-14H2,1-6H3/b22-20-. The fourth-order valence-corrected chi connectivity index (χ4v) is 3.91. The van der Waals surface area contributed by atoms with Crippen LogP contribution in [0.25, 0.3) is 5.76 Å². The van der Waals surface area contributed by atoms with Gasteiger partial charge in [-0.25, -0.2) is 0 Å². The Balaban J connectivity index is 2.18. The van der Waals surface area contributed by atoms with E-state index in [1.807, 2.05) is 45.8 Å². The number of ether oxygens (including phenoxy) is 1. The van der Waals surface area contributed by atoms with Crippen molar-refractivity contribution in [3.8, 4) is 5.75 Å². The van der Waals surface area contributed by atoms with Crippen molar-refractivity contribution in [3.63, 3.8) is 0 Å². The molecule has 0 bridgehead atoms. The molecule has 1 amide bonds. The quantitative estimate of drug-likeness (QED) is 0.424. The van der Waals surface area contributed by atoms with Gasteiger partial charge in [0.05, 0.1) is 18.7 Å². The zero-order valence-electron chi connectivity index (χ0n) is 19.5. The van der Waals surface area contributed by atoms with Gasteiger partial charge in [-0.05, 0) is 55.4 Å². The zero-order chi connectivity index (χ0) is 23.6. The third-order valence-electron chi connectivity index (χ3n) is 5.63. The molecule has 32 heavy (non-hydrogen) atoms. The Bertz CT molecular complexity index is 1040. The Morgan fingerprint density at radius 3 is 2.38 bits per heavy atom. The summed E-state index contributed by atoms with van der Waals surface area (Å²) in [6, 6.07) is 8.16. The summed E-state index contributed by atoms with van der Waals surface area (Å²) in [6.45, 7) is 7.09. The molecular formula is C25H31N3O4. The maximum Gasteiger partial charge on any atom is 0.295 e. The summed E-state index contributed by atoms with van der Waals surface area (Å²) in [5.74, 6) is -0.784. The summed E-state index contributed by atoms with van der Waals surface area (Å²) in [5, 5.41) is 11.3. The van der Waals surface area contributed by atoms with Gasteiger partial charge in [0.15, 0.2) is 0 Å². The fourth-order valence-electron chi connectivity index (χ4n) is 3.91. The van der Waals surface area contributed by atoms with Gasteiger partial charge in [0, 0.05) is 36.6 Å². The second-order valence-corrected chi connectivity index (χ2v) is 9.24. The first-order valence-corrected chi connectivity index (χ1v) is 10.6. The topological polar surface area (TPSA) is 83.0 Å². The molecule has 0 radical (unpaired) electrons. The number of likely N-dealkylation sites (tertiary alicyclic amines) is 1. The molecule has 1 aromatic heterocycles. The highest BCUT2D eigenvalue weighted by atomic mass is 16.5. The molecule has 1 aliphatic heterocycles. The number of hydrogen-bond donors (Lipinski definition) is 1. The van der Waals surface area contributed by atoms with Crippen LogP contribution in [-0.2, 0) is 15.0 Å². The number of pyridine rings is 1. The molecule has 1 atom stereocenters. The molecule has 0 spiro atoms. The van der Waals surface area contributed by atoms with Crippen molar-refractivity contribution < 1.29 is 19.4 Å². The lowest BCUT2D eigenvalue weighted by atomic mass is 9.84. The highest BCUT2D eigenvalue weighted by Gasteiger charge is 2.46. The van der Waals surface area contributed by atoms with E-state index in [-0.39, 0.29) is 16.7 Å². The number of nitrogens with zero attached hydrogens (tertiary/aromatic N) is 3. The second kappa shape index (κ2) is 9.12. The SMILES string of the molecule is COc1ccc(/C(O)=C2/C(=O)C(=O)N(CCN(C)C)C2c2ccncc2)cc1C(C)(C)C. The highest BCUT2D eigenvalue weighted by Crippen LogP contribution is 2.40. The average molecular weight is 438 g/mol. The van der Waals surface area contributed by atoms with Crippen LogP contribution in [0.5, 0.6) is 5.75 Å². The molecule has 1 aliphatic rings. The van der Waals surface area contributed by atoms with Crippen LogP contribution in [0.4, 0.5) is 0 Å². The number of aromatic nitrogens is 1. The normalized spacial score (nSPS) is 18.5. The Labute approximate surface area is 189 Å². The summed E-state index contributed by atoms with van der Waals surface area (Å²) in [5.41, 5.74) is 1.94. The van der Waals surface area contributed by atoms with E-state index in [1.54, 1.807) is 43.8 Å². The molecule has 1 saturated heterocycles. The zero-order valence-corrected chi connectivity index (χ0v) is 19.5. The average Bonchev–Trinajstić information content (AvgIpc) is 3.01. The van der Waals surface area contributed by atoms with Crippen molar-refractivity contribution in [2.45, 2.75) is 32.2 Å². The molecule has 0 aliphatic carbocycles. The number of rotatable bonds is 6. The minimum atomic E-state index is -0.684. The fraction of sp³-hybridized carbons (Fsp3) is 0.400. The van der Waals surface area contributed by atoms with Crippen molar-refractivity contribution >= 4 is 17.4 Å². The summed E-state index contributed by atoms with van der Waals surface area (Å²) < 4.78 is 5.49. The number of ketones is 1. The third-order valence-corrected chi connectivity index (χ3v) is 5.63. The van der Waals surface area contributed by atoms with Crippen LogP contribution in [0.15, 0.2) is 48.3 Å². The lowest BCUT2D eigenvalue weighted by Gasteiger charge is -2.26. The van der Waals surface area contributed by atoms with Crippen molar-refractivity contribution in [2.24, 2.45) is 0 Å². The van der Waals surface area contributed by atoms with E-state index < -0.39 is 17.7 Å². The van der Waals surface area contributed by atoms with Crippen molar-refractivity contribution in [1.29, 1.82) is 0 Å². The molecule has 7 heteroatoms. The maximum atomic E-state index is 13.1. The summed E-state index contributed by atoms with van der Waals surface area (Å²) in [7, 11) is 5.41. The summed E-state index contributed by atoms with van der Waals surface area (Å²) in [6.07, 6.45) is 3.24. The number of likely N-dealkylation sites (N-methyl/N-ethyl adjacent to an activating group) is 1. The van der Waals surface area contributed by atoms with E-state index in [0.29, 0.717) is 24.4 Å². The number of hydrogen-bond acceptors (Lipinski definition) is 6. The van der Waals surface area contributed by atoms with Gasteiger partial charge in [-0.3, -0.25) is 14.6 Å². The van der Waals surface area contributed by atoms with Gasteiger partial charge in [0.25, 0.3) is 11.7 Å². The number of aliphatic hydroxyl groups excluding tert-OH is 1. The van der Waals surface area contributed by atoms with E-state index >= 15 is 0 Å². The van der Waals surface area contributed by atoms with E-state index in [4.69, 9.17) is 4.74 Å². The molecule has 1 aromatic carbocycles. The second-order valence-electron chi connectivity index (χ2n) is 9.24. The van der Waals surface area contributed by atoms with E-state index in [9.17, 15) is 14.7 Å². The Morgan fingerprint density at radius 1 is 1.16 bits per heavy atom. The highest BCUT2D eigenvalue weighted by molar-refractivity contribution is 6.46. The monoisotopic (exact) mass is 437 g/mol. The lowest BCUT2D eigenvalue weighted by Crippen LogP contribution is -2.35. The van der Waals surface area contributed by atoms with E-state index in [2.05, 4.69) is 4.98 Å². The maximum absolute atomic E-state index is 13.1. The smallest absolute Gasteiger partial charge is 0.295 e. The molecule has 2 heterocycles. The predicted octanol–water partition coefficient (Wildman–Crippen LogP) is 3.37. The number of amides is 1. The number of carbonyl (C=O) groups is 2. The largest absolute Gasteiger partial charge is 0.507 e. The lowest BCUT2D eigenvalue weighted by molar-refractivity contribution is -0.140. The molecule has 2 aromatic rings. The first kappa shape index (κ1) is 23.5. The van der Waals surface area contributed by atoms with Crippen LogP contribution in [0, 0.1) is 0 Å². The van der Waals surface area contributed by atoms with Gasteiger partial charge in [0.1, 0.15) is 11.5 Å². The number of Topliss-reactive ketones (excluding diaryl/α,β-unsaturated/α-hetero) is 1. The van der Waals surface area contributed by atoms with Crippen LogP contribution in [0.1, 0.15) is 43.5 Å². The Morgan fingerprint density at radius 2 is 1.81 bits per heavy atom. The van der Waals surface area contributed by atoms with Crippen LogP contribution in [0.2, 0.25) is 0 Å². The number of benzene rings is 1. The van der Waals surface area contributed by atoms with E-state index in [1.165, 1.54) is 4.90 Å². The van der Waals surface area contributed by atoms with Gasteiger partial charge in [-0.15, -0.1) is 0 Å². The molecule has 0 saturated carbocycles. The van der Waals surface area contributed by atoms with Crippen molar-refractivity contribution in [1.82, 2.24) is 14.8 Å². The minimum absolute atomic E-state index is 0.0879.